The van der Waals surface area contributed by atoms with E-state index < -0.39 is 12.6 Å². The first-order chi connectivity index (χ1) is 12.7. The number of thioether (sulfide) groups is 1. The normalized spacial score (nSPS) is 21.1. The SMILES string of the molecule is C=C(CCC(F)(F)F)NC(=NC)SC(=C)[C@H]1CCC[C@H](c2nnc(N)s2)C1. The van der Waals surface area contributed by atoms with Gasteiger partial charge in [-0.25, -0.2) is 0 Å². The first kappa shape index (κ1) is 21.7. The van der Waals surface area contributed by atoms with Crippen molar-refractivity contribution in [2.45, 2.75) is 50.6 Å². The lowest BCUT2D eigenvalue weighted by molar-refractivity contribution is -0.134. The number of rotatable bonds is 6. The Balaban J connectivity index is 1.87. The van der Waals surface area contributed by atoms with E-state index in [2.05, 4.69) is 33.7 Å². The maximum absolute atomic E-state index is 12.3. The maximum atomic E-state index is 12.3. The molecule has 1 aromatic heterocycles. The van der Waals surface area contributed by atoms with E-state index in [1.54, 1.807) is 7.05 Å². The molecule has 5 nitrogen and oxygen atoms in total. The molecule has 0 radical (unpaired) electrons. The molecule has 1 aromatic rings. The number of nitrogens with zero attached hydrogens (tertiary/aromatic N) is 3. The van der Waals surface area contributed by atoms with E-state index in [4.69, 9.17) is 5.73 Å². The molecule has 150 valence electrons. The number of nitrogens with two attached hydrogens (primary N) is 1. The molecule has 0 saturated heterocycles. The summed E-state index contributed by atoms with van der Waals surface area (Å²) >= 11 is 2.78. The van der Waals surface area contributed by atoms with Crippen LogP contribution in [0.5, 0.6) is 0 Å². The van der Waals surface area contributed by atoms with Crippen LogP contribution < -0.4 is 11.1 Å². The predicted molar refractivity (Wildman–Crippen MR) is 107 cm³/mol. The quantitative estimate of drug-likeness (QED) is 0.497. The van der Waals surface area contributed by atoms with Gasteiger partial charge in [-0.1, -0.05) is 42.7 Å². The van der Waals surface area contributed by atoms with Crippen LogP contribution in [-0.4, -0.2) is 28.6 Å². The van der Waals surface area contributed by atoms with Crippen LogP contribution in [0, 0.1) is 5.92 Å². The molecule has 3 N–H and O–H groups in total. The number of hydrogen-bond donors (Lipinski definition) is 2. The predicted octanol–water partition coefficient (Wildman–Crippen LogP) is 5.07. The molecule has 0 aromatic carbocycles. The van der Waals surface area contributed by atoms with Crippen LogP contribution in [0.2, 0.25) is 0 Å². The van der Waals surface area contributed by atoms with Crippen molar-refractivity contribution in [2.24, 2.45) is 10.9 Å². The molecular weight excluding hydrogens is 395 g/mol. The second kappa shape index (κ2) is 9.59. The van der Waals surface area contributed by atoms with Crippen molar-refractivity contribution in [3.05, 3.63) is 28.8 Å². The lowest BCUT2D eigenvalue weighted by atomic mass is 9.82. The molecular formula is C17H24F3N5S2. The molecule has 1 saturated carbocycles. The summed E-state index contributed by atoms with van der Waals surface area (Å²) in [5.41, 5.74) is 5.97. The summed E-state index contributed by atoms with van der Waals surface area (Å²) in [6.07, 6.45) is -1.26. The molecule has 10 heteroatoms. The second-order valence-electron chi connectivity index (χ2n) is 6.48. The van der Waals surface area contributed by atoms with Crippen molar-refractivity contribution in [2.75, 3.05) is 12.8 Å². The molecule has 1 aliphatic carbocycles. The van der Waals surface area contributed by atoms with Crippen LogP contribution in [0.25, 0.3) is 0 Å². The molecule has 0 spiro atoms. The summed E-state index contributed by atoms with van der Waals surface area (Å²) in [6, 6.07) is 0. The van der Waals surface area contributed by atoms with Crippen LogP contribution in [0.3, 0.4) is 0 Å². The van der Waals surface area contributed by atoms with Crippen LogP contribution in [0.15, 0.2) is 28.8 Å². The zero-order valence-corrected chi connectivity index (χ0v) is 16.8. The number of aromatic nitrogens is 2. The van der Waals surface area contributed by atoms with Crippen molar-refractivity contribution in [3.8, 4) is 0 Å². The lowest BCUT2D eigenvalue weighted by Gasteiger charge is -2.29. The smallest absolute Gasteiger partial charge is 0.374 e. The molecule has 0 aliphatic heterocycles. The van der Waals surface area contributed by atoms with Crippen LogP contribution in [0.1, 0.15) is 49.5 Å². The fraction of sp³-hybridized carbons (Fsp3) is 0.588. The summed E-state index contributed by atoms with van der Waals surface area (Å²) < 4.78 is 37.0. The number of nitrogens with one attached hydrogen (secondary N) is 1. The first-order valence-corrected chi connectivity index (χ1v) is 10.2. The Bertz CT molecular complexity index is 699. The van der Waals surface area contributed by atoms with Crippen LogP contribution >= 0.6 is 23.1 Å². The van der Waals surface area contributed by atoms with E-state index in [1.807, 2.05) is 0 Å². The van der Waals surface area contributed by atoms with E-state index in [-0.39, 0.29) is 12.3 Å². The van der Waals surface area contributed by atoms with Gasteiger partial charge in [0.05, 0.1) is 0 Å². The zero-order chi connectivity index (χ0) is 20.0. The van der Waals surface area contributed by atoms with Gasteiger partial charge >= 0.3 is 6.18 Å². The summed E-state index contributed by atoms with van der Waals surface area (Å²) in [5.74, 6) is 0.591. The third-order valence-electron chi connectivity index (χ3n) is 4.36. The van der Waals surface area contributed by atoms with Gasteiger partial charge in [0.2, 0.25) is 5.13 Å². The van der Waals surface area contributed by atoms with Crippen molar-refractivity contribution >= 4 is 33.4 Å². The van der Waals surface area contributed by atoms with Gasteiger partial charge in [-0.15, -0.1) is 10.2 Å². The molecule has 2 atom stereocenters. The van der Waals surface area contributed by atoms with E-state index in [0.717, 1.165) is 35.6 Å². The number of nitrogen functional groups attached to an aromatic ring is 1. The highest BCUT2D eigenvalue weighted by molar-refractivity contribution is 8.17. The summed E-state index contributed by atoms with van der Waals surface area (Å²) in [5, 5.41) is 12.9. The molecule has 0 amide bonds. The van der Waals surface area contributed by atoms with E-state index in [1.165, 1.54) is 23.1 Å². The zero-order valence-electron chi connectivity index (χ0n) is 15.2. The molecule has 27 heavy (non-hydrogen) atoms. The van der Waals surface area contributed by atoms with Crippen LogP contribution in [0.4, 0.5) is 18.3 Å². The highest BCUT2D eigenvalue weighted by Gasteiger charge is 2.29. The number of anilines is 1. The van der Waals surface area contributed by atoms with Gasteiger partial charge in [0.25, 0.3) is 0 Å². The van der Waals surface area contributed by atoms with Gasteiger partial charge in [-0.3, -0.25) is 4.99 Å². The molecule has 0 bridgehead atoms. The maximum Gasteiger partial charge on any atom is 0.389 e. The Labute approximate surface area is 165 Å². The Kier molecular flexibility index (Phi) is 7.72. The van der Waals surface area contributed by atoms with E-state index >= 15 is 0 Å². The Morgan fingerprint density at radius 1 is 1.37 bits per heavy atom. The van der Waals surface area contributed by atoms with Crippen LogP contribution in [-0.2, 0) is 0 Å². The van der Waals surface area contributed by atoms with Gasteiger partial charge in [0.15, 0.2) is 5.17 Å². The summed E-state index contributed by atoms with van der Waals surface area (Å²) in [7, 11) is 1.59. The number of amidine groups is 1. The lowest BCUT2D eigenvalue weighted by Crippen LogP contribution is -2.22. The van der Waals surface area contributed by atoms with E-state index in [9.17, 15) is 13.2 Å². The largest absolute Gasteiger partial charge is 0.389 e. The fourth-order valence-corrected chi connectivity index (χ4v) is 4.63. The topological polar surface area (TPSA) is 76.2 Å². The number of aliphatic imine (C=N–C) groups is 1. The standard InChI is InChI=1S/C17H24F3N5S2/c1-10(7-8-17(18,19)20)23-16(22-3)26-11(2)12-5-4-6-13(9-12)14-24-25-15(21)27-14/h12-13H,1-2,4-9H2,3H3,(H2,21,25)(H,22,23)/t12-,13-/m0/s1. The van der Waals surface area contributed by atoms with Crippen molar-refractivity contribution < 1.29 is 13.2 Å². The van der Waals surface area contributed by atoms with Gasteiger partial charge in [0.1, 0.15) is 5.01 Å². The monoisotopic (exact) mass is 419 g/mol. The first-order valence-electron chi connectivity index (χ1n) is 8.61. The van der Waals surface area contributed by atoms with Gasteiger partial charge in [-0.05, 0) is 36.5 Å². The number of alkyl halides is 3. The highest BCUT2D eigenvalue weighted by atomic mass is 32.2. The molecule has 0 unspecified atom stereocenters. The van der Waals surface area contributed by atoms with Crippen molar-refractivity contribution in [3.63, 3.8) is 0 Å². The fourth-order valence-electron chi connectivity index (χ4n) is 2.96. The average molecular weight is 420 g/mol. The summed E-state index contributed by atoms with van der Waals surface area (Å²) in [4.78, 5) is 5.06. The summed E-state index contributed by atoms with van der Waals surface area (Å²) in [6.45, 7) is 7.83. The minimum absolute atomic E-state index is 0.181. The van der Waals surface area contributed by atoms with Gasteiger partial charge in [-0.2, -0.15) is 13.2 Å². The van der Waals surface area contributed by atoms with Crippen molar-refractivity contribution in [1.82, 2.24) is 15.5 Å². The minimum Gasteiger partial charge on any atom is -0.374 e. The third kappa shape index (κ3) is 7.17. The number of halogens is 3. The number of allylic oxidation sites excluding steroid dienone is 2. The van der Waals surface area contributed by atoms with E-state index in [0.29, 0.717) is 21.9 Å². The average Bonchev–Trinajstić information content (AvgIpc) is 3.05. The van der Waals surface area contributed by atoms with Gasteiger partial charge in [0, 0.05) is 25.1 Å². The molecule has 1 fully saturated rings. The van der Waals surface area contributed by atoms with Gasteiger partial charge < -0.3 is 11.1 Å². The second-order valence-corrected chi connectivity index (χ2v) is 8.64. The minimum atomic E-state index is -4.20. The Morgan fingerprint density at radius 2 is 2.11 bits per heavy atom. The molecule has 1 heterocycles. The highest BCUT2D eigenvalue weighted by Crippen LogP contribution is 2.42. The van der Waals surface area contributed by atoms with Crippen molar-refractivity contribution in [1.29, 1.82) is 0 Å². The number of hydrogen-bond acceptors (Lipinski definition) is 6. The third-order valence-corrected chi connectivity index (χ3v) is 6.35. The Hall–Kier alpha value is -1.55. The Morgan fingerprint density at radius 3 is 2.70 bits per heavy atom. The molecule has 2 rings (SSSR count). The molecule has 1 aliphatic rings.